The van der Waals surface area contributed by atoms with Gasteiger partial charge in [0.25, 0.3) is 0 Å². The Bertz CT molecular complexity index is 840. The molecule has 0 aliphatic heterocycles. The Morgan fingerprint density at radius 1 is 1.30 bits per heavy atom. The van der Waals surface area contributed by atoms with Crippen LogP contribution in [0, 0.1) is 0 Å². The molecule has 2 aromatic heterocycles. The van der Waals surface area contributed by atoms with Gasteiger partial charge in [0.1, 0.15) is 23.3 Å². The second-order valence-electron chi connectivity index (χ2n) is 4.86. The molecule has 0 bridgehead atoms. The largest absolute Gasteiger partial charge is 0.382 e. The van der Waals surface area contributed by atoms with Crippen LogP contribution in [0.5, 0.6) is 0 Å². The van der Waals surface area contributed by atoms with Gasteiger partial charge in [0.2, 0.25) is 0 Å². The van der Waals surface area contributed by atoms with Crippen LogP contribution in [-0.2, 0) is 6.54 Å². The second kappa shape index (κ2) is 6.97. The molecule has 0 aliphatic carbocycles. The van der Waals surface area contributed by atoms with Crippen molar-refractivity contribution in [1.29, 1.82) is 0 Å². The molecule has 1 aromatic carbocycles. The Hall–Kier alpha value is -1.47. The predicted molar refractivity (Wildman–Crippen MR) is 91.6 cm³/mol. The normalized spacial score (nSPS) is 12.3. The third kappa shape index (κ3) is 3.72. The molecule has 1 unspecified atom stereocenters. The molecular weight excluding hydrogens is 403 g/mol. The number of aliphatic hydroxyl groups excluding tert-OH is 1. The summed E-state index contributed by atoms with van der Waals surface area (Å²) in [6, 6.07) is 7.87. The van der Waals surface area contributed by atoms with E-state index in [9.17, 15) is 5.11 Å². The van der Waals surface area contributed by atoms with Crippen LogP contribution in [0.2, 0.25) is 10.2 Å². The molecule has 0 fully saturated rings. The molecular formula is C15H11BrCl2N4O. The predicted octanol–water partition coefficient (Wildman–Crippen LogP) is 3.87. The van der Waals surface area contributed by atoms with Crippen LogP contribution in [0.1, 0.15) is 22.9 Å². The lowest BCUT2D eigenvalue weighted by atomic mass is 10.1. The standard InChI is InChI=1S/C15H11BrCl2N4O/c16-10-3-1-2-9(4-10)6-22-7-12(17)13(21-22)14(23)11-5-19-8-20-15(11)18/h1-5,7-8,14,23H,6H2. The summed E-state index contributed by atoms with van der Waals surface area (Å²) >= 11 is 15.6. The highest BCUT2D eigenvalue weighted by molar-refractivity contribution is 9.10. The van der Waals surface area contributed by atoms with Gasteiger partial charge < -0.3 is 5.11 Å². The quantitative estimate of drug-likeness (QED) is 0.659. The number of halogens is 3. The topological polar surface area (TPSA) is 63.8 Å². The van der Waals surface area contributed by atoms with Gasteiger partial charge in [-0.1, -0.05) is 51.3 Å². The van der Waals surface area contributed by atoms with Gasteiger partial charge in [-0.3, -0.25) is 4.68 Å². The molecule has 5 nitrogen and oxygen atoms in total. The van der Waals surface area contributed by atoms with Crippen molar-refractivity contribution in [3.63, 3.8) is 0 Å². The van der Waals surface area contributed by atoms with Crippen LogP contribution < -0.4 is 0 Å². The molecule has 118 valence electrons. The monoisotopic (exact) mass is 412 g/mol. The van der Waals surface area contributed by atoms with Gasteiger partial charge in [-0.15, -0.1) is 0 Å². The molecule has 23 heavy (non-hydrogen) atoms. The third-order valence-electron chi connectivity index (χ3n) is 3.22. The van der Waals surface area contributed by atoms with Crippen LogP contribution in [0.25, 0.3) is 0 Å². The first-order valence-corrected chi connectivity index (χ1v) is 8.20. The summed E-state index contributed by atoms with van der Waals surface area (Å²) in [6.07, 6.45) is 3.34. The summed E-state index contributed by atoms with van der Waals surface area (Å²) in [4.78, 5) is 7.72. The maximum Gasteiger partial charge on any atom is 0.138 e. The van der Waals surface area contributed by atoms with E-state index in [4.69, 9.17) is 23.2 Å². The number of aliphatic hydroxyl groups is 1. The Morgan fingerprint density at radius 3 is 2.87 bits per heavy atom. The van der Waals surface area contributed by atoms with Crippen molar-refractivity contribution in [3.8, 4) is 0 Å². The average molecular weight is 414 g/mol. The zero-order chi connectivity index (χ0) is 16.4. The molecule has 2 heterocycles. The fourth-order valence-electron chi connectivity index (χ4n) is 2.16. The first-order chi connectivity index (χ1) is 11.0. The first kappa shape index (κ1) is 16.4. The van der Waals surface area contributed by atoms with Crippen molar-refractivity contribution < 1.29 is 5.11 Å². The van der Waals surface area contributed by atoms with E-state index in [1.807, 2.05) is 24.3 Å². The van der Waals surface area contributed by atoms with Crippen molar-refractivity contribution in [3.05, 3.63) is 74.5 Å². The van der Waals surface area contributed by atoms with Crippen LogP contribution in [0.3, 0.4) is 0 Å². The van der Waals surface area contributed by atoms with E-state index in [1.165, 1.54) is 12.5 Å². The van der Waals surface area contributed by atoms with Crippen LogP contribution >= 0.6 is 39.1 Å². The molecule has 0 spiro atoms. The number of hydrogen-bond donors (Lipinski definition) is 1. The van der Waals surface area contributed by atoms with Gasteiger partial charge in [-0.2, -0.15) is 5.10 Å². The number of rotatable bonds is 4. The highest BCUT2D eigenvalue weighted by Gasteiger charge is 2.21. The van der Waals surface area contributed by atoms with E-state index in [0.29, 0.717) is 22.8 Å². The number of benzene rings is 1. The minimum Gasteiger partial charge on any atom is -0.382 e. The Morgan fingerprint density at radius 2 is 2.13 bits per heavy atom. The highest BCUT2D eigenvalue weighted by Crippen LogP contribution is 2.29. The van der Waals surface area contributed by atoms with Gasteiger partial charge in [-0.05, 0) is 17.7 Å². The van der Waals surface area contributed by atoms with Gasteiger partial charge in [0.05, 0.1) is 11.6 Å². The zero-order valence-electron chi connectivity index (χ0n) is 11.7. The summed E-state index contributed by atoms with van der Waals surface area (Å²) < 4.78 is 2.65. The van der Waals surface area contributed by atoms with Gasteiger partial charge >= 0.3 is 0 Å². The lowest BCUT2D eigenvalue weighted by molar-refractivity contribution is 0.213. The number of hydrogen-bond acceptors (Lipinski definition) is 4. The molecule has 0 saturated carbocycles. The Labute approximate surface area is 151 Å². The summed E-state index contributed by atoms with van der Waals surface area (Å²) in [6.45, 7) is 0.533. The molecule has 0 saturated heterocycles. The molecule has 0 radical (unpaired) electrons. The summed E-state index contributed by atoms with van der Waals surface area (Å²) in [5, 5.41) is 15.3. The van der Waals surface area contributed by atoms with Crippen LogP contribution in [0.15, 0.2) is 47.5 Å². The van der Waals surface area contributed by atoms with E-state index in [-0.39, 0.29) is 5.15 Å². The summed E-state index contributed by atoms with van der Waals surface area (Å²) in [5.41, 5.74) is 1.74. The number of aromatic nitrogens is 4. The molecule has 3 aromatic rings. The minimum atomic E-state index is -1.08. The van der Waals surface area contributed by atoms with E-state index in [0.717, 1.165) is 10.0 Å². The fraction of sp³-hybridized carbons (Fsp3) is 0.133. The van der Waals surface area contributed by atoms with E-state index >= 15 is 0 Å². The SMILES string of the molecule is OC(c1cncnc1Cl)c1nn(Cc2cccc(Br)c2)cc1Cl. The van der Waals surface area contributed by atoms with Gasteiger partial charge in [0, 0.05) is 22.4 Å². The van der Waals surface area contributed by atoms with Crippen molar-refractivity contribution in [2.45, 2.75) is 12.6 Å². The second-order valence-corrected chi connectivity index (χ2v) is 6.54. The molecule has 1 atom stereocenters. The van der Waals surface area contributed by atoms with E-state index < -0.39 is 6.10 Å². The van der Waals surface area contributed by atoms with Crippen LogP contribution in [-0.4, -0.2) is 24.9 Å². The lowest BCUT2D eigenvalue weighted by Crippen LogP contribution is -2.06. The molecule has 1 N–H and O–H groups in total. The summed E-state index contributed by atoms with van der Waals surface area (Å²) in [7, 11) is 0. The third-order valence-corrected chi connectivity index (χ3v) is 4.32. The van der Waals surface area contributed by atoms with Crippen LogP contribution in [0.4, 0.5) is 0 Å². The smallest absolute Gasteiger partial charge is 0.138 e. The van der Waals surface area contributed by atoms with Crippen molar-refractivity contribution >= 4 is 39.1 Å². The Kier molecular flexibility index (Phi) is 4.96. The maximum atomic E-state index is 10.4. The fourth-order valence-corrected chi connectivity index (χ4v) is 3.05. The summed E-state index contributed by atoms with van der Waals surface area (Å²) in [5.74, 6) is 0. The Balaban J connectivity index is 1.88. The number of nitrogens with zero attached hydrogens (tertiary/aromatic N) is 4. The molecule has 8 heteroatoms. The average Bonchev–Trinajstić information content (AvgIpc) is 2.87. The van der Waals surface area contributed by atoms with Gasteiger partial charge in [-0.25, -0.2) is 9.97 Å². The first-order valence-electron chi connectivity index (χ1n) is 6.65. The van der Waals surface area contributed by atoms with Crippen molar-refractivity contribution in [1.82, 2.24) is 19.7 Å². The lowest BCUT2D eigenvalue weighted by Gasteiger charge is -2.09. The van der Waals surface area contributed by atoms with E-state index in [2.05, 4.69) is 31.0 Å². The highest BCUT2D eigenvalue weighted by atomic mass is 79.9. The van der Waals surface area contributed by atoms with Gasteiger partial charge in [0.15, 0.2) is 0 Å². The molecule has 0 aliphatic rings. The maximum absolute atomic E-state index is 10.4. The molecule has 0 amide bonds. The van der Waals surface area contributed by atoms with Crippen molar-refractivity contribution in [2.75, 3.05) is 0 Å². The zero-order valence-corrected chi connectivity index (χ0v) is 14.8. The molecule has 3 rings (SSSR count). The minimum absolute atomic E-state index is 0.171. The van der Waals surface area contributed by atoms with E-state index in [1.54, 1.807) is 10.9 Å². The van der Waals surface area contributed by atoms with Crippen molar-refractivity contribution in [2.24, 2.45) is 0 Å².